The van der Waals surface area contributed by atoms with Gasteiger partial charge in [0.1, 0.15) is 4.62 Å². The van der Waals surface area contributed by atoms with Gasteiger partial charge in [-0.05, 0) is 68.5 Å². The Kier molecular flexibility index (Phi) is 2.57. The molecule has 0 atom stereocenters. The van der Waals surface area contributed by atoms with Crippen LogP contribution in [0.5, 0.6) is 0 Å². The number of hydrogen-bond acceptors (Lipinski definition) is 1. The number of allylic oxidation sites excluding steroid dienone is 2. The van der Waals surface area contributed by atoms with E-state index in [0.29, 0.717) is 0 Å². The van der Waals surface area contributed by atoms with E-state index in [-0.39, 0.29) is 0 Å². The lowest BCUT2D eigenvalue weighted by Crippen LogP contribution is -2.06. The van der Waals surface area contributed by atoms with Crippen LogP contribution in [0.3, 0.4) is 0 Å². The van der Waals surface area contributed by atoms with Gasteiger partial charge in [-0.15, -0.1) is 0 Å². The first kappa shape index (κ1) is 11.7. The van der Waals surface area contributed by atoms with E-state index >= 15 is 0 Å². The van der Waals surface area contributed by atoms with Crippen molar-refractivity contribution >= 4 is 47.7 Å². The van der Waals surface area contributed by atoms with Crippen LogP contribution < -0.4 is 0 Å². The van der Waals surface area contributed by atoms with E-state index in [0.717, 1.165) is 33.3 Å². The molecule has 4 heteroatoms. The molecule has 0 fully saturated rings. The van der Waals surface area contributed by atoms with Crippen molar-refractivity contribution in [2.45, 2.75) is 12.8 Å². The Bertz CT molecular complexity index is 754. The molecule has 1 aromatic carbocycles. The molecule has 0 unspecified atom stereocenters. The van der Waals surface area contributed by atoms with E-state index in [4.69, 9.17) is 4.99 Å². The third kappa shape index (κ3) is 1.63. The highest BCUT2D eigenvalue weighted by Crippen LogP contribution is 2.41. The summed E-state index contributed by atoms with van der Waals surface area (Å²) in [7, 11) is 0. The predicted molar refractivity (Wildman–Crippen MR) is 85.8 cm³/mol. The number of benzene rings is 1. The molecule has 94 valence electrons. The molecule has 1 aliphatic heterocycles. The van der Waals surface area contributed by atoms with Crippen LogP contribution in [0.1, 0.15) is 17.7 Å². The molecule has 2 nitrogen and oxygen atoms in total. The third-order valence-corrected chi connectivity index (χ3v) is 4.88. The monoisotopic (exact) mass is 376 g/mol. The first-order chi connectivity index (χ1) is 9.25. The maximum absolute atomic E-state index is 4.73. The Morgan fingerprint density at radius 3 is 2.95 bits per heavy atom. The number of hydrogen-bond donors (Lipinski definition) is 0. The van der Waals surface area contributed by atoms with Gasteiger partial charge in [0.2, 0.25) is 0 Å². The molecule has 0 spiro atoms. The van der Waals surface area contributed by atoms with E-state index in [2.05, 4.69) is 60.8 Å². The zero-order valence-electron chi connectivity index (χ0n) is 10.0. The molecule has 0 N–H and O–H groups in total. The SMILES string of the molecule is BrC1=Nc2cccc(Br)c2-n2ccc3c2C1=CCC3. The number of nitrogens with zero attached hydrogens (tertiary/aromatic N) is 2. The summed E-state index contributed by atoms with van der Waals surface area (Å²) < 4.78 is 4.24. The van der Waals surface area contributed by atoms with E-state index in [1.165, 1.54) is 16.8 Å². The fourth-order valence-electron chi connectivity index (χ4n) is 2.81. The highest BCUT2D eigenvalue weighted by Gasteiger charge is 2.25. The Balaban J connectivity index is 2.16. The van der Waals surface area contributed by atoms with Crippen molar-refractivity contribution in [2.75, 3.05) is 0 Å². The minimum Gasteiger partial charge on any atom is -0.313 e. The first-order valence-corrected chi connectivity index (χ1v) is 7.78. The largest absolute Gasteiger partial charge is 0.313 e. The number of para-hydroxylation sites is 1. The van der Waals surface area contributed by atoms with Gasteiger partial charge in [0.15, 0.2) is 0 Å². The molecular formula is C15H10Br2N2. The van der Waals surface area contributed by atoms with Gasteiger partial charge in [0.05, 0.1) is 17.1 Å². The van der Waals surface area contributed by atoms with Gasteiger partial charge in [-0.25, -0.2) is 4.99 Å². The maximum atomic E-state index is 4.73. The molecule has 1 aliphatic carbocycles. The minimum atomic E-state index is 0.922. The Hall–Kier alpha value is -1.13. The fourth-order valence-corrected chi connectivity index (χ4v) is 3.90. The van der Waals surface area contributed by atoms with Crippen molar-refractivity contribution in [3.05, 3.63) is 52.3 Å². The van der Waals surface area contributed by atoms with Crippen molar-refractivity contribution in [2.24, 2.45) is 4.99 Å². The van der Waals surface area contributed by atoms with Gasteiger partial charge in [-0.2, -0.15) is 0 Å². The molecule has 19 heavy (non-hydrogen) atoms. The van der Waals surface area contributed by atoms with Crippen LogP contribution in [0.15, 0.2) is 46.0 Å². The second kappa shape index (κ2) is 4.18. The number of aromatic nitrogens is 1. The topological polar surface area (TPSA) is 17.3 Å². The lowest BCUT2D eigenvalue weighted by atomic mass is 9.98. The summed E-state index contributed by atoms with van der Waals surface area (Å²) in [4.78, 5) is 4.73. The quantitative estimate of drug-likeness (QED) is 0.614. The molecule has 0 saturated carbocycles. The van der Waals surface area contributed by atoms with Gasteiger partial charge in [0, 0.05) is 16.2 Å². The molecule has 1 aromatic heterocycles. The number of rotatable bonds is 0. The van der Waals surface area contributed by atoms with Crippen LogP contribution in [0.2, 0.25) is 0 Å². The molecule has 0 saturated heterocycles. The summed E-state index contributed by atoms with van der Waals surface area (Å²) in [6, 6.07) is 8.35. The summed E-state index contributed by atoms with van der Waals surface area (Å²) in [5.74, 6) is 0. The summed E-state index contributed by atoms with van der Waals surface area (Å²) in [5.41, 5.74) is 5.97. The minimum absolute atomic E-state index is 0.922. The van der Waals surface area contributed by atoms with E-state index in [1.54, 1.807) is 0 Å². The van der Waals surface area contributed by atoms with Crippen LogP contribution in [-0.4, -0.2) is 9.19 Å². The third-order valence-electron chi connectivity index (χ3n) is 3.63. The van der Waals surface area contributed by atoms with Crippen molar-refractivity contribution in [3.8, 4) is 5.69 Å². The highest BCUT2D eigenvalue weighted by molar-refractivity contribution is 9.18. The average Bonchev–Trinajstić information content (AvgIpc) is 2.77. The highest BCUT2D eigenvalue weighted by atomic mass is 79.9. The smallest absolute Gasteiger partial charge is 0.115 e. The Morgan fingerprint density at radius 2 is 2.05 bits per heavy atom. The van der Waals surface area contributed by atoms with Crippen molar-refractivity contribution in [1.29, 1.82) is 0 Å². The van der Waals surface area contributed by atoms with Crippen molar-refractivity contribution in [1.82, 2.24) is 4.57 Å². The number of aryl methyl sites for hydroxylation is 1. The summed E-state index contributed by atoms with van der Waals surface area (Å²) in [6.07, 6.45) is 6.60. The number of halogens is 2. The summed E-state index contributed by atoms with van der Waals surface area (Å²) in [5, 5.41) is 0. The van der Waals surface area contributed by atoms with Crippen molar-refractivity contribution < 1.29 is 0 Å². The van der Waals surface area contributed by atoms with Crippen LogP contribution in [0.25, 0.3) is 11.3 Å². The standard InChI is InChI=1S/C15H10Br2N2/c16-11-5-2-6-12-14(11)19-8-7-9-3-1-4-10(13(9)19)15(17)18-12/h2,4-8H,1,3H2. The van der Waals surface area contributed by atoms with E-state index < -0.39 is 0 Å². The normalized spacial score (nSPS) is 16.1. The van der Waals surface area contributed by atoms with Crippen LogP contribution >= 0.6 is 31.9 Å². The summed E-state index contributed by atoms with van der Waals surface area (Å²) >= 11 is 7.29. The first-order valence-electron chi connectivity index (χ1n) is 6.20. The number of aliphatic imine (C=N–C) groups is 1. The van der Waals surface area contributed by atoms with Gasteiger partial charge in [-0.1, -0.05) is 12.1 Å². The zero-order valence-corrected chi connectivity index (χ0v) is 13.2. The Morgan fingerprint density at radius 1 is 1.16 bits per heavy atom. The predicted octanol–water partition coefficient (Wildman–Crippen LogP) is 5.01. The zero-order chi connectivity index (χ0) is 13.0. The van der Waals surface area contributed by atoms with Gasteiger partial charge < -0.3 is 4.57 Å². The van der Waals surface area contributed by atoms with Gasteiger partial charge in [0.25, 0.3) is 0 Å². The fraction of sp³-hybridized carbons (Fsp3) is 0.133. The second-order valence-electron chi connectivity index (χ2n) is 4.73. The average molecular weight is 378 g/mol. The molecule has 2 heterocycles. The van der Waals surface area contributed by atoms with Gasteiger partial charge in [-0.3, -0.25) is 0 Å². The second-order valence-corrected chi connectivity index (χ2v) is 6.33. The van der Waals surface area contributed by atoms with Crippen molar-refractivity contribution in [3.63, 3.8) is 0 Å². The maximum Gasteiger partial charge on any atom is 0.115 e. The lowest BCUT2D eigenvalue weighted by Gasteiger charge is -2.16. The molecule has 0 radical (unpaired) electrons. The Labute approximate surface area is 128 Å². The molecule has 2 aromatic rings. The molecule has 0 amide bonds. The molecular weight excluding hydrogens is 368 g/mol. The van der Waals surface area contributed by atoms with Crippen LogP contribution in [-0.2, 0) is 6.42 Å². The van der Waals surface area contributed by atoms with E-state index in [1.807, 2.05) is 12.1 Å². The van der Waals surface area contributed by atoms with Gasteiger partial charge >= 0.3 is 0 Å². The van der Waals surface area contributed by atoms with Crippen LogP contribution in [0, 0.1) is 0 Å². The van der Waals surface area contributed by atoms with E-state index in [9.17, 15) is 0 Å². The molecule has 2 aliphatic rings. The van der Waals surface area contributed by atoms with Crippen LogP contribution in [0.4, 0.5) is 5.69 Å². The molecule has 0 bridgehead atoms. The number of fused-ring (bicyclic) bond motifs is 2. The molecule has 4 rings (SSSR count). The summed E-state index contributed by atoms with van der Waals surface area (Å²) in [6.45, 7) is 0. The lowest BCUT2D eigenvalue weighted by molar-refractivity contribution is 0.954.